The average Bonchev–Trinajstić information content (AvgIpc) is 2.82. The number of sulfonamides is 1. The van der Waals surface area contributed by atoms with Crippen LogP contribution in [0.15, 0.2) is 77.7 Å². The van der Waals surface area contributed by atoms with Gasteiger partial charge in [0.2, 0.25) is 5.91 Å². The highest BCUT2D eigenvalue weighted by Crippen LogP contribution is 2.32. The van der Waals surface area contributed by atoms with Gasteiger partial charge in [-0.25, -0.2) is 13.2 Å². The van der Waals surface area contributed by atoms with Crippen LogP contribution in [0.25, 0.3) is 0 Å². The smallest absolute Gasteiger partial charge is 0.337 e. The minimum Gasteiger partial charge on any atom is -0.495 e. The number of benzene rings is 3. The maximum Gasteiger partial charge on any atom is 0.337 e. The molecule has 10 heteroatoms. The van der Waals surface area contributed by atoms with E-state index < -0.39 is 28.4 Å². The zero-order valence-electron chi connectivity index (χ0n) is 17.8. The van der Waals surface area contributed by atoms with E-state index in [-0.39, 0.29) is 21.2 Å². The summed E-state index contributed by atoms with van der Waals surface area (Å²) in [4.78, 5) is 24.6. The molecule has 3 aromatic rings. The normalized spacial score (nSPS) is 10.9. The average molecular weight is 489 g/mol. The van der Waals surface area contributed by atoms with Gasteiger partial charge in [0.1, 0.15) is 12.3 Å². The lowest BCUT2D eigenvalue weighted by atomic mass is 10.2. The molecule has 0 radical (unpaired) electrons. The standard InChI is InChI=1S/C23H21ClN2O6S/c1-31-21-12-11-18(14-20(21)24)26(33(29,30)19-9-4-3-5-10-19)15-22(27)25-17-8-6-7-16(13-17)23(28)32-2/h3-14H,15H2,1-2H3,(H,25,27). The molecular formula is C23H21ClN2O6S. The predicted octanol–water partition coefficient (Wildman–Crippen LogP) is 3.97. The number of ether oxygens (including phenoxy) is 2. The fourth-order valence-electron chi connectivity index (χ4n) is 3.02. The highest BCUT2D eigenvalue weighted by atomic mass is 35.5. The Kier molecular flexibility index (Phi) is 7.57. The second kappa shape index (κ2) is 10.4. The number of nitrogens with zero attached hydrogens (tertiary/aromatic N) is 1. The van der Waals surface area contributed by atoms with Crippen LogP contribution in [-0.4, -0.2) is 41.1 Å². The molecule has 0 atom stereocenters. The molecule has 3 aromatic carbocycles. The molecule has 172 valence electrons. The number of methoxy groups -OCH3 is 2. The van der Waals surface area contributed by atoms with Crippen LogP contribution < -0.4 is 14.4 Å². The van der Waals surface area contributed by atoms with E-state index in [1.807, 2.05) is 0 Å². The molecule has 0 aliphatic rings. The Morgan fingerprint density at radius 1 is 0.970 bits per heavy atom. The second-order valence-corrected chi connectivity index (χ2v) is 9.03. The zero-order valence-corrected chi connectivity index (χ0v) is 19.4. The summed E-state index contributed by atoms with van der Waals surface area (Å²) in [6.45, 7) is -0.539. The molecule has 3 rings (SSSR count). The summed E-state index contributed by atoms with van der Waals surface area (Å²) in [7, 11) is -1.41. The van der Waals surface area contributed by atoms with Crippen LogP contribution in [0.3, 0.4) is 0 Å². The first-order valence-corrected chi connectivity index (χ1v) is 11.5. The third kappa shape index (κ3) is 5.63. The molecule has 0 aromatic heterocycles. The SMILES string of the molecule is COC(=O)c1cccc(NC(=O)CN(c2ccc(OC)c(Cl)c2)S(=O)(=O)c2ccccc2)c1. The summed E-state index contributed by atoms with van der Waals surface area (Å²) in [5.41, 5.74) is 0.738. The minimum atomic E-state index is -4.10. The number of anilines is 2. The number of amides is 1. The number of hydrogen-bond acceptors (Lipinski definition) is 6. The zero-order chi connectivity index (χ0) is 24.0. The second-order valence-electron chi connectivity index (χ2n) is 6.76. The van der Waals surface area contributed by atoms with E-state index in [0.717, 1.165) is 4.31 Å². The molecule has 0 bridgehead atoms. The molecule has 0 unspecified atom stereocenters. The maximum absolute atomic E-state index is 13.4. The first-order valence-electron chi connectivity index (χ1n) is 9.66. The number of carbonyl (C=O) groups excluding carboxylic acids is 2. The van der Waals surface area contributed by atoms with E-state index >= 15 is 0 Å². The number of hydrogen-bond donors (Lipinski definition) is 1. The van der Waals surface area contributed by atoms with Crippen molar-refractivity contribution in [2.75, 3.05) is 30.4 Å². The van der Waals surface area contributed by atoms with Crippen LogP contribution in [-0.2, 0) is 19.6 Å². The molecule has 0 aliphatic heterocycles. The van der Waals surface area contributed by atoms with Gasteiger partial charge in [0.25, 0.3) is 10.0 Å². The Bertz CT molecular complexity index is 1260. The number of rotatable bonds is 8. The Morgan fingerprint density at radius 2 is 1.70 bits per heavy atom. The van der Waals surface area contributed by atoms with Crippen molar-refractivity contribution in [1.29, 1.82) is 0 Å². The molecule has 33 heavy (non-hydrogen) atoms. The third-order valence-electron chi connectivity index (χ3n) is 4.61. The minimum absolute atomic E-state index is 0.0115. The van der Waals surface area contributed by atoms with E-state index in [0.29, 0.717) is 11.4 Å². The molecule has 0 saturated heterocycles. The van der Waals surface area contributed by atoms with Gasteiger partial charge in [-0.3, -0.25) is 9.10 Å². The van der Waals surface area contributed by atoms with Gasteiger partial charge in [-0.05, 0) is 48.5 Å². The largest absolute Gasteiger partial charge is 0.495 e. The Balaban J connectivity index is 1.94. The lowest BCUT2D eigenvalue weighted by Crippen LogP contribution is -2.38. The number of carbonyl (C=O) groups is 2. The molecule has 1 N–H and O–H groups in total. The van der Waals surface area contributed by atoms with Crippen molar-refractivity contribution in [2.24, 2.45) is 0 Å². The first kappa shape index (κ1) is 24.1. The topological polar surface area (TPSA) is 102 Å². The van der Waals surface area contributed by atoms with Gasteiger partial charge in [-0.15, -0.1) is 0 Å². The summed E-state index contributed by atoms with van der Waals surface area (Å²) in [6.07, 6.45) is 0. The molecule has 0 saturated carbocycles. The van der Waals surface area contributed by atoms with E-state index in [1.54, 1.807) is 30.3 Å². The van der Waals surface area contributed by atoms with Crippen molar-refractivity contribution in [3.05, 3.63) is 83.4 Å². The Morgan fingerprint density at radius 3 is 2.33 bits per heavy atom. The summed E-state index contributed by atoms with van der Waals surface area (Å²) in [5.74, 6) is -0.822. The molecule has 0 heterocycles. The monoisotopic (exact) mass is 488 g/mol. The summed E-state index contributed by atoms with van der Waals surface area (Å²) in [5, 5.41) is 2.80. The summed E-state index contributed by atoms with van der Waals surface area (Å²) >= 11 is 6.21. The Labute approximate surface area is 196 Å². The van der Waals surface area contributed by atoms with E-state index in [4.69, 9.17) is 16.3 Å². The van der Waals surface area contributed by atoms with Crippen molar-refractivity contribution < 1.29 is 27.5 Å². The van der Waals surface area contributed by atoms with Crippen molar-refractivity contribution in [3.8, 4) is 5.75 Å². The lowest BCUT2D eigenvalue weighted by molar-refractivity contribution is -0.114. The number of esters is 1. The molecular weight excluding hydrogens is 468 g/mol. The van der Waals surface area contributed by atoms with Crippen molar-refractivity contribution in [2.45, 2.75) is 4.90 Å². The quantitative estimate of drug-likeness (QED) is 0.481. The first-order chi connectivity index (χ1) is 15.8. The van der Waals surface area contributed by atoms with Crippen molar-refractivity contribution in [3.63, 3.8) is 0 Å². The van der Waals surface area contributed by atoms with Gasteiger partial charge in [-0.2, -0.15) is 0 Å². The van der Waals surface area contributed by atoms with E-state index in [2.05, 4.69) is 10.1 Å². The van der Waals surface area contributed by atoms with Gasteiger partial charge in [-0.1, -0.05) is 35.9 Å². The van der Waals surface area contributed by atoms with Crippen LogP contribution in [0.2, 0.25) is 5.02 Å². The summed E-state index contributed by atoms with van der Waals surface area (Å²) in [6, 6.07) is 18.3. The fraction of sp³-hybridized carbons (Fsp3) is 0.130. The van der Waals surface area contributed by atoms with Gasteiger partial charge in [0.15, 0.2) is 0 Å². The molecule has 8 nitrogen and oxygen atoms in total. The van der Waals surface area contributed by atoms with Crippen molar-refractivity contribution >= 4 is 44.9 Å². The van der Waals surface area contributed by atoms with Crippen LogP contribution in [0.5, 0.6) is 5.75 Å². The van der Waals surface area contributed by atoms with Crippen LogP contribution in [0, 0.1) is 0 Å². The van der Waals surface area contributed by atoms with Crippen LogP contribution in [0.4, 0.5) is 11.4 Å². The third-order valence-corrected chi connectivity index (χ3v) is 6.69. The van der Waals surface area contributed by atoms with Gasteiger partial charge in [0.05, 0.1) is 35.4 Å². The Hall–Kier alpha value is -3.56. The fourth-order valence-corrected chi connectivity index (χ4v) is 4.70. The van der Waals surface area contributed by atoms with Gasteiger partial charge < -0.3 is 14.8 Å². The van der Waals surface area contributed by atoms with Crippen molar-refractivity contribution in [1.82, 2.24) is 0 Å². The highest BCUT2D eigenvalue weighted by molar-refractivity contribution is 7.92. The lowest BCUT2D eigenvalue weighted by Gasteiger charge is -2.24. The van der Waals surface area contributed by atoms with Gasteiger partial charge in [0, 0.05) is 5.69 Å². The predicted molar refractivity (Wildman–Crippen MR) is 125 cm³/mol. The van der Waals surface area contributed by atoms with E-state index in [9.17, 15) is 18.0 Å². The number of halogens is 1. The van der Waals surface area contributed by atoms with Gasteiger partial charge >= 0.3 is 5.97 Å². The molecule has 0 fully saturated rings. The van der Waals surface area contributed by atoms with Crippen LogP contribution >= 0.6 is 11.6 Å². The van der Waals surface area contributed by atoms with Crippen LogP contribution in [0.1, 0.15) is 10.4 Å². The molecule has 1 amide bonds. The number of nitrogens with one attached hydrogen (secondary N) is 1. The highest BCUT2D eigenvalue weighted by Gasteiger charge is 2.28. The molecule has 0 aliphatic carbocycles. The van der Waals surface area contributed by atoms with E-state index in [1.165, 1.54) is 56.7 Å². The summed E-state index contributed by atoms with van der Waals surface area (Å²) < 4.78 is 37.5. The molecule has 0 spiro atoms. The maximum atomic E-state index is 13.4.